The molecular weight excluding hydrogens is 300 g/mol. The first-order valence-corrected chi connectivity index (χ1v) is 7.46. The number of fused-ring (bicyclic) bond motifs is 1. The third-order valence-electron chi connectivity index (χ3n) is 3.54. The van der Waals surface area contributed by atoms with Gasteiger partial charge in [0.2, 0.25) is 0 Å². The van der Waals surface area contributed by atoms with E-state index in [0.29, 0.717) is 11.6 Å². The van der Waals surface area contributed by atoms with Crippen molar-refractivity contribution in [2.24, 2.45) is 0 Å². The van der Waals surface area contributed by atoms with E-state index in [9.17, 15) is 4.79 Å². The lowest BCUT2D eigenvalue weighted by molar-refractivity contribution is -0.142. The predicted molar refractivity (Wildman–Crippen MR) is 86.1 cm³/mol. The van der Waals surface area contributed by atoms with Gasteiger partial charge in [0, 0.05) is 10.6 Å². The summed E-state index contributed by atoms with van der Waals surface area (Å²) >= 11 is 5.95. The second-order valence-corrected chi connectivity index (χ2v) is 5.39. The van der Waals surface area contributed by atoms with Crippen LogP contribution in [0.15, 0.2) is 53.3 Å². The Balaban J connectivity index is 2.04. The molecule has 1 heterocycles. The fraction of sp³-hybridized carbons (Fsp3) is 0.167. The molecule has 112 valence electrons. The predicted octanol–water partition coefficient (Wildman–Crippen LogP) is 4.81. The number of carbonyl (C=O) groups excluding carboxylic acids is 1. The van der Waals surface area contributed by atoms with Crippen molar-refractivity contribution in [1.82, 2.24) is 0 Å². The lowest BCUT2D eigenvalue weighted by Gasteiger charge is -2.04. The van der Waals surface area contributed by atoms with Gasteiger partial charge in [0.1, 0.15) is 0 Å². The summed E-state index contributed by atoms with van der Waals surface area (Å²) in [5, 5.41) is 0.691. The van der Waals surface area contributed by atoms with Crippen LogP contribution in [0.2, 0.25) is 5.02 Å². The second-order valence-electron chi connectivity index (χ2n) is 4.96. The highest BCUT2D eigenvalue weighted by atomic mass is 35.5. The van der Waals surface area contributed by atoms with Crippen molar-refractivity contribution in [3.05, 3.63) is 59.5 Å². The number of hydrogen-bond acceptors (Lipinski definition) is 3. The summed E-state index contributed by atoms with van der Waals surface area (Å²) in [6.07, 6.45) is 3.57. The summed E-state index contributed by atoms with van der Waals surface area (Å²) in [5.41, 5.74) is 4.98. The van der Waals surface area contributed by atoms with Crippen molar-refractivity contribution in [1.29, 1.82) is 0 Å². The molecule has 4 heteroatoms. The number of halogens is 1. The Bertz CT molecular complexity index is 758. The molecule has 0 saturated heterocycles. The van der Waals surface area contributed by atoms with Gasteiger partial charge in [-0.15, -0.1) is 0 Å². The van der Waals surface area contributed by atoms with E-state index in [1.807, 2.05) is 36.4 Å². The van der Waals surface area contributed by atoms with Gasteiger partial charge >= 0.3 is 5.97 Å². The SMILES string of the molecule is CCOC(=O)Cc1cc(-c2ccc(Cl)cc2)c2coccc1-2. The minimum Gasteiger partial charge on any atom is -0.472 e. The fourth-order valence-electron chi connectivity index (χ4n) is 2.57. The molecule has 2 aliphatic rings. The summed E-state index contributed by atoms with van der Waals surface area (Å²) in [7, 11) is 0. The largest absolute Gasteiger partial charge is 0.472 e. The minimum atomic E-state index is -0.224. The maximum Gasteiger partial charge on any atom is 0.310 e. The van der Waals surface area contributed by atoms with Crippen molar-refractivity contribution in [2.75, 3.05) is 6.61 Å². The normalized spacial score (nSPS) is 10.8. The number of carbonyl (C=O) groups is 1. The molecule has 1 aliphatic heterocycles. The van der Waals surface area contributed by atoms with Gasteiger partial charge in [0.05, 0.1) is 25.6 Å². The van der Waals surface area contributed by atoms with E-state index in [4.69, 9.17) is 20.8 Å². The van der Waals surface area contributed by atoms with Crippen molar-refractivity contribution in [3.63, 3.8) is 0 Å². The first kappa shape index (κ1) is 14.7. The van der Waals surface area contributed by atoms with Crippen LogP contribution >= 0.6 is 11.6 Å². The van der Waals surface area contributed by atoms with E-state index in [-0.39, 0.29) is 12.4 Å². The van der Waals surface area contributed by atoms with Gasteiger partial charge < -0.3 is 9.15 Å². The van der Waals surface area contributed by atoms with E-state index in [1.165, 1.54) is 0 Å². The van der Waals surface area contributed by atoms with Gasteiger partial charge in [-0.25, -0.2) is 0 Å². The van der Waals surface area contributed by atoms with Gasteiger partial charge in [0.25, 0.3) is 0 Å². The highest BCUT2D eigenvalue weighted by molar-refractivity contribution is 6.30. The van der Waals surface area contributed by atoms with E-state index in [0.717, 1.165) is 27.8 Å². The molecule has 0 N–H and O–H groups in total. The Morgan fingerprint density at radius 2 is 1.91 bits per heavy atom. The molecule has 0 saturated carbocycles. The molecule has 3 rings (SSSR count). The van der Waals surface area contributed by atoms with Gasteiger partial charge in [-0.05, 0) is 53.4 Å². The molecule has 1 aromatic carbocycles. The Hall–Kier alpha value is -2.26. The van der Waals surface area contributed by atoms with Crippen LogP contribution in [0.4, 0.5) is 0 Å². The van der Waals surface area contributed by atoms with Crippen LogP contribution in [0.5, 0.6) is 0 Å². The highest BCUT2D eigenvalue weighted by Gasteiger charge is 2.19. The molecule has 1 aliphatic carbocycles. The van der Waals surface area contributed by atoms with Crippen molar-refractivity contribution >= 4 is 17.6 Å². The maximum atomic E-state index is 11.8. The minimum absolute atomic E-state index is 0.224. The van der Waals surface area contributed by atoms with E-state index >= 15 is 0 Å². The molecular formula is C18H15ClO3. The zero-order chi connectivity index (χ0) is 15.5. The molecule has 0 amide bonds. The van der Waals surface area contributed by atoms with Crippen LogP contribution in [0.25, 0.3) is 22.3 Å². The van der Waals surface area contributed by atoms with Gasteiger partial charge in [-0.3, -0.25) is 4.79 Å². The molecule has 0 atom stereocenters. The van der Waals surface area contributed by atoms with Crippen molar-refractivity contribution < 1.29 is 13.9 Å². The quantitative estimate of drug-likeness (QED) is 0.649. The molecule has 0 radical (unpaired) electrons. The van der Waals surface area contributed by atoms with Crippen LogP contribution in [-0.2, 0) is 16.0 Å². The molecule has 22 heavy (non-hydrogen) atoms. The van der Waals surface area contributed by atoms with Crippen LogP contribution in [0, 0.1) is 0 Å². The number of benzene rings is 1. The first-order chi connectivity index (χ1) is 10.7. The Labute approximate surface area is 133 Å². The smallest absolute Gasteiger partial charge is 0.310 e. The zero-order valence-electron chi connectivity index (χ0n) is 12.1. The third kappa shape index (κ3) is 2.85. The van der Waals surface area contributed by atoms with E-state index in [2.05, 4.69) is 0 Å². The van der Waals surface area contributed by atoms with Gasteiger partial charge in [-0.2, -0.15) is 0 Å². The highest BCUT2D eigenvalue weighted by Crippen LogP contribution is 2.39. The standard InChI is InChI=1S/C18H15ClO3/c1-2-22-18(20)10-13-9-16(12-3-5-14(19)6-4-12)17-11-21-8-7-15(13)17/h3-9,11H,2,10H2,1H3. The van der Waals surface area contributed by atoms with Crippen LogP contribution in [-0.4, -0.2) is 12.6 Å². The van der Waals surface area contributed by atoms with E-state index < -0.39 is 0 Å². The monoisotopic (exact) mass is 314 g/mol. The van der Waals surface area contributed by atoms with Crippen molar-refractivity contribution in [3.8, 4) is 22.3 Å². The van der Waals surface area contributed by atoms with E-state index in [1.54, 1.807) is 19.5 Å². The lowest BCUT2D eigenvalue weighted by Crippen LogP contribution is -2.07. The molecule has 0 aromatic heterocycles. The average molecular weight is 315 g/mol. The second kappa shape index (κ2) is 6.24. The first-order valence-electron chi connectivity index (χ1n) is 7.08. The maximum absolute atomic E-state index is 11.8. The molecule has 0 spiro atoms. The summed E-state index contributed by atoms with van der Waals surface area (Å²) in [4.78, 5) is 11.8. The van der Waals surface area contributed by atoms with Gasteiger partial charge in [0.15, 0.2) is 0 Å². The molecule has 0 fully saturated rings. The lowest BCUT2D eigenvalue weighted by atomic mass is 10.0. The number of hydrogen-bond donors (Lipinski definition) is 0. The summed E-state index contributed by atoms with van der Waals surface area (Å²) in [6.45, 7) is 2.19. The zero-order valence-corrected chi connectivity index (χ0v) is 12.9. The number of rotatable bonds is 4. The van der Waals surface area contributed by atoms with Gasteiger partial charge in [-0.1, -0.05) is 23.7 Å². The Kier molecular flexibility index (Phi) is 4.16. The third-order valence-corrected chi connectivity index (χ3v) is 3.79. The van der Waals surface area contributed by atoms with Crippen molar-refractivity contribution in [2.45, 2.75) is 13.3 Å². The van der Waals surface area contributed by atoms with Crippen LogP contribution < -0.4 is 0 Å². The molecule has 0 unspecified atom stereocenters. The summed E-state index contributed by atoms with van der Waals surface area (Å²) in [6, 6.07) is 11.5. The average Bonchev–Trinajstić information content (AvgIpc) is 2.87. The summed E-state index contributed by atoms with van der Waals surface area (Å²) < 4.78 is 10.3. The number of ether oxygens (including phenoxy) is 1. The molecule has 0 bridgehead atoms. The van der Waals surface area contributed by atoms with Crippen LogP contribution in [0.1, 0.15) is 12.5 Å². The molecule has 3 nitrogen and oxygen atoms in total. The fourth-order valence-corrected chi connectivity index (χ4v) is 2.69. The summed E-state index contributed by atoms with van der Waals surface area (Å²) in [5.74, 6) is -0.224. The molecule has 1 aromatic rings. The Morgan fingerprint density at radius 3 is 2.64 bits per heavy atom. The number of esters is 1. The Morgan fingerprint density at radius 1 is 1.14 bits per heavy atom. The topological polar surface area (TPSA) is 39.4 Å². The van der Waals surface area contributed by atoms with Crippen LogP contribution in [0.3, 0.4) is 0 Å².